The van der Waals surface area contributed by atoms with Gasteiger partial charge in [0, 0.05) is 25.7 Å². The molecule has 24 heavy (non-hydrogen) atoms. The van der Waals surface area contributed by atoms with Crippen LogP contribution < -0.4 is 5.32 Å². The molecule has 0 bridgehead atoms. The van der Waals surface area contributed by atoms with Crippen LogP contribution in [0.4, 0.5) is 4.79 Å². The second-order valence-corrected chi connectivity index (χ2v) is 7.64. The van der Waals surface area contributed by atoms with Crippen LogP contribution in [0.5, 0.6) is 0 Å². The average Bonchev–Trinajstić information content (AvgIpc) is 2.71. The smallest absolute Gasteiger partial charge is 0.362 e. The van der Waals surface area contributed by atoms with Crippen molar-refractivity contribution in [1.82, 2.24) is 19.4 Å². The second kappa shape index (κ2) is 6.20. The lowest BCUT2D eigenvalue weighted by molar-refractivity contribution is -0.143. The Kier molecular flexibility index (Phi) is 4.38. The van der Waals surface area contributed by atoms with Crippen molar-refractivity contribution in [2.45, 2.75) is 43.8 Å². The van der Waals surface area contributed by atoms with Crippen molar-refractivity contribution in [3.63, 3.8) is 0 Å². The molecule has 0 spiro atoms. The summed E-state index contributed by atoms with van der Waals surface area (Å²) in [5, 5.41) is 10.2. The summed E-state index contributed by atoms with van der Waals surface area (Å²) in [7, 11) is -4.56. The van der Waals surface area contributed by atoms with Crippen LogP contribution in [-0.2, 0) is 15.1 Å². The van der Waals surface area contributed by atoms with E-state index in [2.05, 4.69) is 5.32 Å². The molecule has 0 aromatic rings. The first kappa shape index (κ1) is 17.0. The van der Waals surface area contributed by atoms with E-state index in [4.69, 9.17) is 9.96 Å². The number of urea groups is 1. The van der Waals surface area contributed by atoms with Crippen LogP contribution in [0.1, 0.15) is 25.7 Å². The topological polar surface area (TPSA) is 134 Å². The van der Waals surface area contributed by atoms with E-state index in [0.717, 1.165) is 19.4 Å². The standard InChI is InChI=1S/C13H21N5O5S/c14-8-16-5-1-2-9(3-6-16)15-13(20)17-7-4-10-11(17)12(19)18(10)24(21,22)23/h8-11,14H,1-7H2,(H,15,20)(H,21,22,23)/t9-,10?,11-/m0/s1. The molecule has 0 radical (unpaired) electrons. The summed E-state index contributed by atoms with van der Waals surface area (Å²) in [6.07, 6.45) is 4.00. The van der Waals surface area contributed by atoms with E-state index in [1.165, 1.54) is 11.2 Å². The van der Waals surface area contributed by atoms with Gasteiger partial charge in [-0.1, -0.05) is 0 Å². The third-order valence-corrected chi connectivity index (χ3v) is 5.87. The van der Waals surface area contributed by atoms with Crippen molar-refractivity contribution < 1.29 is 22.6 Å². The highest BCUT2D eigenvalue weighted by molar-refractivity contribution is 7.84. The Labute approximate surface area is 140 Å². The zero-order valence-corrected chi connectivity index (χ0v) is 13.9. The Morgan fingerprint density at radius 1 is 1.25 bits per heavy atom. The van der Waals surface area contributed by atoms with Crippen LogP contribution in [-0.4, -0.2) is 83.1 Å². The number of rotatable bonds is 3. The lowest BCUT2D eigenvalue weighted by Gasteiger charge is -2.42. The summed E-state index contributed by atoms with van der Waals surface area (Å²) >= 11 is 0. The number of nitrogens with one attached hydrogen (secondary N) is 2. The predicted octanol–water partition coefficient (Wildman–Crippen LogP) is -0.755. The van der Waals surface area contributed by atoms with Crippen LogP contribution in [0.3, 0.4) is 0 Å². The van der Waals surface area contributed by atoms with Gasteiger partial charge in [-0.2, -0.15) is 8.42 Å². The molecule has 0 aliphatic carbocycles. The summed E-state index contributed by atoms with van der Waals surface area (Å²) in [6.45, 7) is 1.75. The third kappa shape index (κ3) is 2.93. The molecule has 3 aliphatic heterocycles. The maximum atomic E-state index is 12.4. The molecule has 3 heterocycles. The quantitative estimate of drug-likeness (QED) is 0.263. The molecule has 134 valence electrons. The van der Waals surface area contributed by atoms with Crippen molar-refractivity contribution in [3.8, 4) is 0 Å². The van der Waals surface area contributed by atoms with Gasteiger partial charge >= 0.3 is 16.3 Å². The van der Waals surface area contributed by atoms with E-state index in [9.17, 15) is 18.0 Å². The molecular weight excluding hydrogens is 338 g/mol. The van der Waals surface area contributed by atoms with Crippen LogP contribution in [0.15, 0.2) is 0 Å². The van der Waals surface area contributed by atoms with E-state index in [0.29, 0.717) is 23.7 Å². The Morgan fingerprint density at radius 2 is 2.00 bits per heavy atom. The van der Waals surface area contributed by atoms with Gasteiger partial charge in [0.1, 0.15) is 6.04 Å². The minimum Gasteiger partial charge on any atom is -0.363 e. The van der Waals surface area contributed by atoms with E-state index in [-0.39, 0.29) is 18.6 Å². The SMILES string of the molecule is N=CN1CCC[C@H](NC(=O)N2CCC3[C@H]2C(=O)N3S(=O)(=O)O)CC1. The summed E-state index contributed by atoms with van der Waals surface area (Å²) in [4.78, 5) is 27.7. The van der Waals surface area contributed by atoms with Gasteiger partial charge in [-0.05, 0) is 25.7 Å². The van der Waals surface area contributed by atoms with Gasteiger partial charge in [-0.3, -0.25) is 14.8 Å². The Hall–Kier alpha value is -1.88. The zero-order chi connectivity index (χ0) is 17.5. The van der Waals surface area contributed by atoms with E-state index in [1.807, 2.05) is 4.90 Å². The summed E-state index contributed by atoms with van der Waals surface area (Å²) < 4.78 is 31.9. The van der Waals surface area contributed by atoms with E-state index < -0.39 is 28.3 Å². The van der Waals surface area contributed by atoms with E-state index >= 15 is 0 Å². The molecule has 3 rings (SSSR count). The molecule has 0 aromatic carbocycles. The first-order valence-corrected chi connectivity index (χ1v) is 9.35. The Morgan fingerprint density at radius 3 is 2.67 bits per heavy atom. The average molecular weight is 359 g/mol. The molecule has 11 heteroatoms. The fourth-order valence-electron chi connectivity index (χ4n) is 3.69. The van der Waals surface area contributed by atoms with E-state index in [1.54, 1.807) is 0 Å². The molecule has 10 nitrogen and oxygen atoms in total. The molecular formula is C13H21N5O5S. The first-order chi connectivity index (χ1) is 11.3. The minimum absolute atomic E-state index is 0.0330. The number of carbonyl (C=O) groups excluding carboxylic acids is 2. The highest BCUT2D eigenvalue weighted by Gasteiger charge is 2.60. The number of nitrogens with zero attached hydrogens (tertiary/aromatic N) is 3. The lowest BCUT2D eigenvalue weighted by atomic mass is 10.0. The Balaban J connectivity index is 1.59. The fourth-order valence-corrected chi connectivity index (χ4v) is 4.59. The van der Waals surface area contributed by atoms with Gasteiger partial charge in [0.2, 0.25) is 0 Å². The Bertz CT molecular complexity index is 653. The number of hydrogen-bond donors (Lipinski definition) is 3. The second-order valence-electron chi connectivity index (χ2n) is 6.35. The number of amides is 3. The van der Waals surface area contributed by atoms with Crippen molar-refractivity contribution in [3.05, 3.63) is 0 Å². The monoisotopic (exact) mass is 359 g/mol. The summed E-state index contributed by atoms with van der Waals surface area (Å²) in [5.74, 6) is -0.758. The van der Waals surface area contributed by atoms with Gasteiger partial charge < -0.3 is 15.1 Å². The number of hydrogen-bond acceptors (Lipinski definition) is 5. The fraction of sp³-hybridized carbons (Fsp3) is 0.769. The number of likely N-dealkylation sites (tertiary alicyclic amines) is 2. The van der Waals surface area contributed by atoms with Crippen molar-refractivity contribution in [2.75, 3.05) is 19.6 Å². The molecule has 0 aromatic heterocycles. The highest BCUT2D eigenvalue weighted by Crippen LogP contribution is 2.35. The molecule has 3 amide bonds. The van der Waals surface area contributed by atoms with Crippen molar-refractivity contribution in [2.24, 2.45) is 0 Å². The molecule has 3 N–H and O–H groups in total. The minimum atomic E-state index is -4.56. The normalized spacial score (nSPS) is 30.5. The number of β-lactam (4-membered cyclic amide) rings is 1. The summed E-state index contributed by atoms with van der Waals surface area (Å²) in [6, 6.07) is -1.88. The van der Waals surface area contributed by atoms with Gasteiger partial charge in [-0.25, -0.2) is 9.10 Å². The molecule has 0 saturated carbocycles. The molecule has 3 saturated heterocycles. The molecule has 3 aliphatic rings. The van der Waals surface area contributed by atoms with Gasteiger partial charge in [0.25, 0.3) is 5.91 Å². The van der Waals surface area contributed by atoms with Crippen molar-refractivity contribution in [1.29, 1.82) is 5.41 Å². The van der Waals surface area contributed by atoms with Crippen molar-refractivity contribution >= 4 is 28.6 Å². The highest BCUT2D eigenvalue weighted by atomic mass is 32.2. The predicted molar refractivity (Wildman–Crippen MR) is 83.8 cm³/mol. The number of fused-ring (bicyclic) bond motifs is 1. The van der Waals surface area contributed by atoms with Gasteiger partial charge in [0.15, 0.2) is 0 Å². The largest absolute Gasteiger partial charge is 0.363 e. The number of carbonyl (C=O) groups is 2. The van der Waals surface area contributed by atoms with Crippen LogP contribution in [0.2, 0.25) is 0 Å². The molecule has 1 unspecified atom stereocenters. The molecule has 3 atom stereocenters. The van der Waals surface area contributed by atoms with Gasteiger partial charge in [-0.15, -0.1) is 0 Å². The summed E-state index contributed by atoms with van der Waals surface area (Å²) in [5.41, 5.74) is 0. The van der Waals surface area contributed by atoms with Crippen LogP contribution >= 0.6 is 0 Å². The molecule has 3 fully saturated rings. The maximum Gasteiger partial charge on any atom is 0.362 e. The first-order valence-electron chi connectivity index (χ1n) is 7.95. The zero-order valence-electron chi connectivity index (χ0n) is 13.1. The maximum absolute atomic E-state index is 12.4. The van der Waals surface area contributed by atoms with Gasteiger partial charge in [0.05, 0.1) is 12.4 Å². The van der Waals surface area contributed by atoms with Crippen LogP contribution in [0.25, 0.3) is 0 Å². The third-order valence-electron chi connectivity index (χ3n) is 4.92. The lowest BCUT2D eigenvalue weighted by Crippen LogP contribution is -2.69. The van der Waals surface area contributed by atoms with Crippen LogP contribution in [0, 0.1) is 5.41 Å².